The normalized spacial score (nSPS) is 30.8. The first-order valence-electron chi connectivity index (χ1n) is 8.08. The van der Waals surface area contributed by atoms with Gasteiger partial charge in [0.15, 0.2) is 0 Å². The van der Waals surface area contributed by atoms with Crippen LogP contribution in [0, 0.1) is 5.92 Å². The zero-order valence-electron chi connectivity index (χ0n) is 12.2. The Morgan fingerprint density at radius 3 is 2.90 bits per heavy atom. The first kappa shape index (κ1) is 12.4. The molecule has 1 spiro atoms. The highest BCUT2D eigenvalue weighted by molar-refractivity contribution is 5.94. The Kier molecular flexibility index (Phi) is 2.67. The number of Topliss-reactive ketones (excluding diaryl/α,β-unsaturated/α-hetero) is 1. The number of carbonyl (C=O) groups excluding carboxylic acids is 1. The van der Waals surface area contributed by atoms with Crippen LogP contribution >= 0.6 is 0 Å². The summed E-state index contributed by atoms with van der Waals surface area (Å²) in [5.41, 5.74) is 5.77. The minimum absolute atomic E-state index is 0.135. The van der Waals surface area contributed by atoms with E-state index >= 15 is 0 Å². The molecule has 2 unspecified atom stereocenters. The quantitative estimate of drug-likeness (QED) is 0.735. The number of benzene rings is 1. The predicted octanol–water partition coefficient (Wildman–Crippen LogP) is 4.13. The van der Waals surface area contributed by atoms with E-state index in [0.29, 0.717) is 11.7 Å². The molecule has 0 aliphatic heterocycles. The molecule has 3 aliphatic rings. The number of aryl methyl sites for hydroxylation is 2. The number of allylic oxidation sites excluding steroid dienone is 2. The van der Waals surface area contributed by atoms with Crippen LogP contribution in [-0.4, -0.2) is 5.78 Å². The summed E-state index contributed by atoms with van der Waals surface area (Å²) in [5.74, 6) is 1.09. The molecule has 0 N–H and O–H groups in total. The second kappa shape index (κ2) is 4.31. The Morgan fingerprint density at radius 2 is 2.20 bits per heavy atom. The van der Waals surface area contributed by atoms with E-state index in [9.17, 15) is 4.79 Å². The summed E-state index contributed by atoms with van der Waals surface area (Å²) in [5, 5.41) is 0. The maximum Gasteiger partial charge on any atom is 0.144 e. The van der Waals surface area contributed by atoms with E-state index in [1.807, 2.05) is 0 Å². The Labute approximate surface area is 121 Å². The fourth-order valence-corrected chi connectivity index (χ4v) is 4.96. The van der Waals surface area contributed by atoms with E-state index in [-0.39, 0.29) is 5.41 Å². The molecule has 2 atom stereocenters. The average molecular weight is 266 g/mol. The van der Waals surface area contributed by atoms with Gasteiger partial charge in [-0.25, -0.2) is 0 Å². The van der Waals surface area contributed by atoms with Gasteiger partial charge in [0.25, 0.3) is 0 Å². The Balaban J connectivity index is 1.94. The first-order valence-corrected chi connectivity index (χ1v) is 8.08. The standard InChI is InChI=1S/C19H22O/c1-2-4-14-5-3-6-15-8-10-17(20)19(18(14)15)12-13-7-9-16(19)11-13/h3,5-7,16H,2,4,8-12H2,1H3. The number of hydrogen-bond donors (Lipinski definition) is 0. The molecule has 104 valence electrons. The van der Waals surface area contributed by atoms with Gasteiger partial charge in [-0.15, -0.1) is 0 Å². The van der Waals surface area contributed by atoms with Crippen LogP contribution in [0.5, 0.6) is 0 Å². The highest BCUT2D eigenvalue weighted by Gasteiger charge is 2.55. The van der Waals surface area contributed by atoms with Crippen molar-refractivity contribution in [2.45, 2.75) is 57.3 Å². The Hall–Kier alpha value is -1.37. The third-order valence-electron chi connectivity index (χ3n) is 5.72. The lowest BCUT2D eigenvalue weighted by Crippen LogP contribution is -2.44. The molecule has 20 heavy (non-hydrogen) atoms. The summed E-state index contributed by atoms with van der Waals surface area (Å²) < 4.78 is 0. The predicted molar refractivity (Wildman–Crippen MR) is 80.9 cm³/mol. The van der Waals surface area contributed by atoms with Crippen LogP contribution in [-0.2, 0) is 23.1 Å². The lowest BCUT2D eigenvalue weighted by Gasteiger charge is -2.41. The van der Waals surface area contributed by atoms with E-state index in [2.05, 4.69) is 31.2 Å². The van der Waals surface area contributed by atoms with Crippen LogP contribution in [0.3, 0.4) is 0 Å². The largest absolute Gasteiger partial charge is 0.299 e. The van der Waals surface area contributed by atoms with Crippen LogP contribution < -0.4 is 0 Å². The van der Waals surface area contributed by atoms with Gasteiger partial charge in [0.2, 0.25) is 0 Å². The van der Waals surface area contributed by atoms with Crippen molar-refractivity contribution in [3.63, 3.8) is 0 Å². The molecule has 0 saturated heterocycles. The van der Waals surface area contributed by atoms with Gasteiger partial charge in [-0.05, 0) is 54.7 Å². The van der Waals surface area contributed by atoms with Gasteiger partial charge >= 0.3 is 0 Å². The van der Waals surface area contributed by atoms with E-state index in [1.165, 1.54) is 23.1 Å². The molecular weight excluding hydrogens is 244 g/mol. The van der Waals surface area contributed by atoms with Gasteiger partial charge in [-0.3, -0.25) is 4.79 Å². The van der Waals surface area contributed by atoms with E-state index in [1.54, 1.807) is 5.57 Å². The third kappa shape index (κ3) is 1.47. The van der Waals surface area contributed by atoms with Crippen molar-refractivity contribution >= 4 is 5.78 Å². The van der Waals surface area contributed by atoms with Crippen LogP contribution in [0.4, 0.5) is 0 Å². The van der Waals surface area contributed by atoms with Gasteiger partial charge in [0.05, 0.1) is 5.41 Å². The van der Waals surface area contributed by atoms with Gasteiger partial charge in [0.1, 0.15) is 5.78 Å². The summed E-state index contributed by atoms with van der Waals surface area (Å²) in [6.07, 6.45) is 9.69. The summed E-state index contributed by atoms with van der Waals surface area (Å²) >= 11 is 0. The fourth-order valence-electron chi connectivity index (χ4n) is 4.96. The summed E-state index contributed by atoms with van der Waals surface area (Å²) in [6, 6.07) is 6.73. The number of hydrogen-bond acceptors (Lipinski definition) is 1. The SMILES string of the molecule is CCCc1cccc2c1C1(CC3=CCC1C3)C(=O)CC2. The van der Waals surface area contributed by atoms with Crippen LogP contribution in [0.15, 0.2) is 29.8 Å². The van der Waals surface area contributed by atoms with Crippen LogP contribution in [0.2, 0.25) is 0 Å². The third-order valence-corrected chi connectivity index (χ3v) is 5.72. The molecule has 0 radical (unpaired) electrons. The smallest absolute Gasteiger partial charge is 0.144 e. The van der Waals surface area contributed by atoms with Crippen LogP contribution in [0.25, 0.3) is 0 Å². The fraction of sp³-hybridized carbons (Fsp3) is 0.526. The molecular formula is C19H22O. The zero-order chi connectivity index (χ0) is 13.7. The maximum absolute atomic E-state index is 12.9. The molecule has 1 aromatic rings. The lowest BCUT2D eigenvalue weighted by atomic mass is 9.60. The molecule has 0 amide bonds. The van der Waals surface area contributed by atoms with Crippen molar-refractivity contribution in [3.05, 3.63) is 46.5 Å². The summed E-state index contributed by atoms with van der Waals surface area (Å²) in [4.78, 5) is 12.9. The lowest BCUT2D eigenvalue weighted by molar-refractivity contribution is -0.126. The van der Waals surface area contributed by atoms with Crippen molar-refractivity contribution < 1.29 is 4.79 Å². The summed E-state index contributed by atoms with van der Waals surface area (Å²) in [6.45, 7) is 2.24. The van der Waals surface area contributed by atoms with Gasteiger partial charge < -0.3 is 0 Å². The van der Waals surface area contributed by atoms with Gasteiger partial charge in [-0.2, -0.15) is 0 Å². The number of fused-ring (bicyclic) bond motifs is 5. The van der Waals surface area contributed by atoms with E-state index < -0.39 is 0 Å². The molecule has 1 aromatic carbocycles. The minimum Gasteiger partial charge on any atom is -0.299 e. The number of rotatable bonds is 2. The molecule has 1 saturated carbocycles. The average Bonchev–Trinajstić information content (AvgIpc) is 3.05. The van der Waals surface area contributed by atoms with E-state index in [0.717, 1.165) is 38.5 Å². The number of carbonyl (C=O) groups is 1. The summed E-state index contributed by atoms with van der Waals surface area (Å²) in [7, 11) is 0. The molecule has 0 heterocycles. The first-order chi connectivity index (χ1) is 9.75. The van der Waals surface area contributed by atoms with Crippen molar-refractivity contribution in [1.82, 2.24) is 0 Å². The molecule has 4 rings (SSSR count). The minimum atomic E-state index is -0.135. The highest BCUT2D eigenvalue weighted by atomic mass is 16.1. The molecule has 2 bridgehead atoms. The van der Waals surface area contributed by atoms with Crippen molar-refractivity contribution in [2.24, 2.45) is 5.92 Å². The number of ketones is 1. The zero-order valence-corrected chi connectivity index (χ0v) is 12.2. The maximum atomic E-state index is 12.9. The Bertz CT molecular complexity index is 610. The highest BCUT2D eigenvalue weighted by Crippen LogP contribution is 2.58. The second-order valence-corrected chi connectivity index (χ2v) is 6.77. The van der Waals surface area contributed by atoms with Gasteiger partial charge in [-0.1, -0.05) is 43.2 Å². The molecule has 3 aliphatic carbocycles. The van der Waals surface area contributed by atoms with E-state index in [4.69, 9.17) is 0 Å². The second-order valence-electron chi connectivity index (χ2n) is 6.77. The molecule has 1 heteroatoms. The van der Waals surface area contributed by atoms with Crippen molar-refractivity contribution in [2.75, 3.05) is 0 Å². The Morgan fingerprint density at radius 1 is 1.30 bits per heavy atom. The van der Waals surface area contributed by atoms with Gasteiger partial charge in [0, 0.05) is 6.42 Å². The van der Waals surface area contributed by atoms with Crippen molar-refractivity contribution in [3.8, 4) is 0 Å². The van der Waals surface area contributed by atoms with Crippen molar-refractivity contribution in [1.29, 1.82) is 0 Å². The monoisotopic (exact) mass is 266 g/mol. The molecule has 1 nitrogen and oxygen atoms in total. The van der Waals surface area contributed by atoms with Crippen LogP contribution in [0.1, 0.15) is 55.7 Å². The molecule has 1 fully saturated rings. The topological polar surface area (TPSA) is 17.1 Å². The molecule has 0 aromatic heterocycles.